The second-order valence-electron chi connectivity index (χ2n) is 4.11. The predicted molar refractivity (Wildman–Crippen MR) is 39.1 cm³/mol. The number of rotatable bonds is 0. The van der Waals surface area contributed by atoms with Crippen LogP contribution >= 0.6 is 0 Å². The van der Waals surface area contributed by atoms with E-state index >= 15 is 0 Å². The first-order valence-corrected chi connectivity index (χ1v) is 3.81. The molecule has 9 heavy (non-hydrogen) atoms. The molecule has 0 N–H and O–H groups in total. The Morgan fingerprint density at radius 2 is 2.00 bits per heavy atom. The van der Waals surface area contributed by atoms with Crippen LogP contribution in [0.15, 0.2) is 12.2 Å². The van der Waals surface area contributed by atoms with E-state index in [4.69, 9.17) is 0 Å². The molecule has 3 aliphatic carbocycles. The maximum atomic E-state index is 4.13. The quantitative estimate of drug-likeness (QED) is 0.433. The highest BCUT2D eigenvalue weighted by Gasteiger charge is 2.52. The first-order valence-electron chi connectivity index (χ1n) is 3.81. The molecule has 0 aromatic carbocycles. The second-order valence-corrected chi connectivity index (χ2v) is 4.11. The summed E-state index contributed by atoms with van der Waals surface area (Å²) in [7, 11) is 0. The molecule has 3 saturated carbocycles. The molecule has 3 aliphatic rings. The summed E-state index contributed by atoms with van der Waals surface area (Å²) in [6, 6.07) is 0. The zero-order valence-electron chi connectivity index (χ0n) is 6.28. The van der Waals surface area contributed by atoms with Crippen LogP contribution in [-0.4, -0.2) is 0 Å². The molecule has 0 nitrogen and oxygen atoms in total. The van der Waals surface area contributed by atoms with Crippen LogP contribution in [0.3, 0.4) is 0 Å². The van der Waals surface area contributed by atoms with Gasteiger partial charge in [0.2, 0.25) is 0 Å². The molecular weight excluding hydrogens is 108 g/mol. The molecule has 0 radical (unpaired) electrons. The van der Waals surface area contributed by atoms with E-state index in [1.165, 1.54) is 18.4 Å². The summed E-state index contributed by atoms with van der Waals surface area (Å²) in [5.74, 6) is 1.89. The third kappa shape index (κ3) is 0.452. The highest BCUT2D eigenvalue weighted by molar-refractivity contribution is 5.26. The van der Waals surface area contributed by atoms with Crippen LogP contribution in [0.25, 0.3) is 0 Å². The minimum absolute atomic E-state index is 0.491. The van der Waals surface area contributed by atoms with E-state index in [2.05, 4.69) is 20.4 Å². The van der Waals surface area contributed by atoms with Crippen molar-refractivity contribution >= 4 is 0 Å². The minimum atomic E-state index is 0.491. The van der Waals surface area contributed by atoms with Gasteiger partial charge in [-0.3, -0.25) is 0 Å². The Morgan fingerprint density at radius 1 is 1.44 bits per heavy atom. The summed E-state index contributed by atoms with van der Waals surface area (Å²) in [6.45, 7) is 8.81. The lowest BCUT2D eigenvalue weighted by atomic mass is 9.77. The molecule has 0 aliphatic heterocycles. The van der Waals surface area contributed by atoms with Gasteiger partial charge < -0.3 is 0 Å². The van der Waals surface area contributed by atoms with Crippen molar-refractivity contribution in [2.45, 2.75) is 26.7 Å². The number of hydrogen-bond donors (Lipinski definition) is 0. The molecule has 50 valence electrons. The monoisotopic (exact) mass is 122 g/mol. The summed E-state index contributed by atoms with van der Waals surface area (Å²) in [5, 5.41) is 0. The van der Waals surface area contributed by atoms with Gasteiger partial charge in [-0.25, -0.2) is 0 Å². The van der Waals surface area contributed by atoms with Crippen molar-refractivity contribution in [1.82, 2.24) is 0 Å². The molecular formula is C9H14. The molecule has 0 spiro atoms. The fourth-order valence-corrected chi connectivity index (χ4v) is 2.28. The summed E-state index contributed by atoms with van der Waals surface area (Å²) < 4.78 is 0. The largest absolute Gasteiger partial charge is 0.0990 e. The molecule has 3 rings (SSSR count). The summed E-state index contributed by atoms with van der Waals surface area (Å²) in [4.78, 5) is 0. The third-order valence-corrected chi connectivity index (χ3v) is 3.48. The van der Waals surface area contributed by atoms with Gasteiger partial charge in [0.1, 0.15) is 0 Å². The van der Waals surface area contributed by atoms with Crippen molar-refractivity contribution in [3.63, 3.8) is 0 Å². The predicted octanol–water partition coefficient (Wildman–Crippen LogP) is 2.61. The van der Waals surface area contributed by atoms with Crippen molar-refractivity contribution in [2.24, 2.45) is 17.3 Å². The van der Waals surface area contributed by atoms with Crippen LogP contribution in [0.5, 0.6) is 0 Å². The van der Waals surface area contributed by atoms with Gasteiger partial charge in [-0.2, -0.15) is 0 Å². The zero-order chi connectivity index (χ0) is 6.65. The van der Waals surface area contributed by atoms with Crippen LogP contribution in [0.2, 0.25) is 0 Å². The van der Waals surface area contributed by atoms with Gasteiger partial charge in [0.15, 0.2) is 0 Å². The molecule has 0 heteroatoms. The van der Waals surface area contributed by atoms with Gasteiger partial charge >= 0.3 is 0 Å². The van der Waals surface area contributed by atoms with Crippen molar-refractivity contribution in [3.8, 4) is 0 Å². The summed E-state index contributed by atoms with van der Waals surface area (Å²) in [6.07, 6.45) is 2.87. The van der Waals surface area contributed by atoms with E-state index < -0.39 is 0 Å². The standard InChI is InChI=1S/C9H14/c1-6-7-4-8(5-7)9(6,2)3/h7-8H,1,4-5H2,2-3H3. The Hall–Kier alpha value is -0.260. The van der Waals surface area contributed by atoms with Gasteiger partial charge in [-0.15, -0.1) is 0 Å². The molecule has 0 unspecified atom stereocenters. The lowest BCUT2D eigenvalue weighted by Crippen LogP contribution is -2.18. The van der Waals surface area contributed by atoms with E-state index in [1.807, 2.05) is 0 Å². The maximum Gasteiger partial charge on any atom is -0.0116 e. The zero-order valence-corrected chi connectivity index (χ0v) is 6.28. The molecule has 0 aromatic heterocycles. The van der Waals surface area contributed by atoms with E-state index in [0.29, 0.717) is 5.41 Å². The molecule has 3 fully saturated rings. The van der Waals surface area contributed by atoms with Gasteiger partial charge in [-0.05, 0) is 30.1 Å². The van der Waals surface area contributed by atoms with Gasteiger partial charge in [0.25, 0.3) is 0 Å². The van der Waals surface area contributed by atoms with E-state index in [9.17, 15) is 0 Å². The highest BCUT2D eigenvalue weighted by atomic mass is 14.6. The highest BCUT2D eigenvalue weighted by Crippen LogP contribution is 2.62. The SMILES string of the molecule is C=C1C2CC(C2)C1(C)C. The van der Waals surface area contributed by atoms with Crippen molar-refractivity contribution < 1.29 is 0 Å². The Labute approximate surface area is 57.0 Å². The number of fused-ring (bicyclic) bond motifs is 1. The van der Waals surface area contributed by atoms with E-state index in [1.54, 1.807) is 0 Å². The Kier molecular flexibility index (Phi) is 0.769. The molecule has 0 atom stereocenters. The van der Waals surface area contributed by atoms with Gasteiger partial charge in [0, 0.05) is 0 Å². The number of allylic oxidation sites excluding steroid dienone is 1. The molecule has 2 bridgehead atoms. The van der Waals surface area contributed by atoms with Crippen LogP contribution in [-0.2, 0) is 0 Å². The van der Waals surface area contributed by atoms with E-state index in [-0.39, 0.29) is 0 Å². The van der Waals surface area contributed by atoms with Crippen molar-refractivity contribution in [1.29, 1.82) is 0 Å². The van der Waals surface area contributed by atoms with Crippen LogP contribution in [0, 0.1) is 17.3 Å². The first kappa shape index (κ1) is 5.52. The van der Waals surface area contributed by atoms with Crippen molar-refractivity contribution in [3.05, 3.63) is 12.2 Å². The maximum absolute atomic E-state index is 4.13. The molecule has 0 aromatic rings. The van der Waals surface area contributed by atoms with Crippen LogP contribution < -0.4 is 0 Å². The molecule has 0 heterocycles. The Balaban J connectivity index is 2.36. The summed E-state index contributed by atoms with van der Waals surface area (Å²) >= 11 is 0. The average Bonchev–Trinajstić information content (AvgIpc) is 1.84. The summed E-state index contributed by atoms with van der Waals surface area (Å²) in [5.41, 5.74) is 2.01. The fraction of sp³-hybridized carbons (Fsp3) is 0.778. The van der Waals surface area contributed by atoms with Gasteiger partial charge in [0.05, 0.1) is 0 Å². The lowest BCUT2D eigenvalue weighted by molar-refractivity contribution is 0.224. The average molecular weight is 122 g/mol. The van der Waals surface area contributed by atoms with E-state index in [0.717, 1.165) is 11.8 Å². The smallest absolute Gasteiger partial charge is 0.0116 e. The normalized spacial score (nSPS) is 44.9. The number of hydrogen-bond acceptors (Lipinski definition) is 0. The van der Waals surface area contributed by atoms with Crippen molar-refractivity contribution in [2.75, 3.05) is 0 Å². The molecule has 0 amide bonds. The van der Waals surface area contributed by atoms with Crippen LogP contribution in [0.4, 0.5) is 0 Å². The van der Waals surface area contributed by atoms with Crippen LogP contribution in [0.1, 0.15) is 26.7 Å². The first-order chi connectivity index (χ1) is 4.12. The topological polar surface area (TPSA) is 0 Å². The third-order valence-electron chi connectivity index (χ3n) is 3.48. The fourth-order valence-electron chi connectivity index (χ4n) is 2.28. The van der Waals surface area contributed by atoms with Gasteiger partial charge in [-0.1, -0.05) is 26.0 Å². The minimum Gasteiger partial charge on any atom is -0.0990 e. The second kappa shape index (κ2) is 1.25. The Morgan fingerprint density at radius 3 is 2.11 bits per heavy atom. The molecule has 0 saturated heterocycles. The lowest BCUT2D eigenvalue weighted by Gasteiger charge is -2.27. The Bertz CT molecular complexity index is 159.